The summed E-state index contributed by atoms with van der Waals surface area (Å²) in [5, 5.41) is 11.9. The number of hydrogen-bond acceptors (Lipinski definition) is 7. The number of aromatic nitrogens is 1. The Morgan fingerprint density at radius 1 is 1.38 bits per heavy atom. The van der Waals surface area contributed by atoms with Gasteiger partial charge in [-0.1, -0.05) is 17.8 Å². The lowest BCUT2D eigenvalue weighted by atomic mass is 9.82. The van der Waals surface area contributed by atoms with Crippen LogP contribution in [0, 0.1) is 17.1 Å². The fraction of sp³-hybridized carbons (Fsp3) is 0.200. The molecule has 2 aliphatic heterocycles. The molecule has 146 valence electrons. The second-order valence-corrected chi connectivity index (χ2v) is 7.53. The second kappa shape index (κ2) is 7.66. The lowest BCUT2D eigenvalue weighted by Crippen LogP contribution is -2.41. The number of fused-ring (bicyclic) bond motifs is 1. The van der Waals surface area contributed by atoms with E-state index in [0.29, 0.717) is 28.8 Å². The minimum absolute atomic E-state index is 0.144. The summed E-state index contributed by atoms with van der Waals surface area (Å²) in [7, 11) is 0. The van der Waals surface area contributed by atoms with Crippen LogP contribution in [-0.2, 0) is 10.3 Å². The molecule has 0 aliphatic carbocycles. The van der Waals surface area contributed by atoms with Gasteiger partial charge in [-0.15, -0.1) is 0 Å². The topological polar surface area (TPSA) is 113 Å². The molecule has 29 heavy (non-hydrogen) atoms. The largest absolute Gasteiger partial charge is 0.378 e. The van der Waals surface area contributed by atoms with Crippen molar-refractivity contribution >= 4 is 28.5 Å². The van der Waals surface area contributed by atoms with Crippen LogP contribution < -0.4 is 11.1 Å². The van der Waals surface area contributed by atoms with Crippen LogP contribution in [-0.4, -0.2) is 35.0 Å². The predicted molar refractivity (Wildman–Crippen MR) is 108 cm³/mol. The predicted octanol–water partition coefficient (Wildman–Crippen LogP) is 2.56. The van der Waals surface area contributed by atoms with Gasteiger partial charge in [-0.3, -0.25) is 4.79 Å². The number of benzene rings is 1. The van der Waals surface area contributed by atoms with E-state index in [1.54, 1.807) is 6.07 Å². The number of nitriles is 1. The lowest BCUT2D eigenvalue weighted by molar-refractivity contribution is 0.102. The molecule has 0 fully saturated rings. The first kappa shape index (κ1) is 19.1. The van der Waals surface area contributed by atoms with Gasteiger partial charge in [0.25, 0.3) is 5.91 Å². The SMILES string of the molecule is N#Cc1ccc(C(=O)Nc2ccc(F)c([C@]34COCC=C3CSC(N)=N4)c2)nc1. The molecule has 2 aromatic rings. The number of nitrogens with zero attached hydrogens (tertiary/aromatic N) is 3. The average molecular weight is 409 g/mol. The number of anilines is 1. The van der Waals surface area contributed by atoms with Gasteiger partial charge in [0, 0.05) is 23.2 Å². The van der Waals surface area contributed by atoms with Gasteiger partial charge in [0.2, 0.25) is 0 Å². The molecule has 7 nitrogen and oxygen atoms in total. The minimum atomic E-state index is -1.04. The van der Waals surface area contributed by atoms with Gasteiger partial charge >= 0.3 is 0 Å². The zero-order valence-electron chi connectivity index (χ0n) is 15.2. The number of ether oxygens (including phenoxy) is 1. The number of carbonyl (C=O) groups excluding carboxylic acids is 1. The van der Waals surface area contributed by atoms with E-state index in [-0.39, 0.29) is 17.9 Å². The Morgan fingerprint density at radius 3 is 3.00 bits per heavy atom. The van der Waals surface area contributed by atoms with Crippen molar-refractivity contribution in [1.82, 2.24) is 4.98 Å². The normalized spacial score (nSPS) is 20.7. The molecular weight excluding hydrogens is 393 g/mol. The molecule has 4 rings (SSSR count). The van der Waals surface area contributed by atoms with E-state index in [4.69, 9.17) is 15.7 Å². The number of pyridine rings is 1. The van der Waals surface area contributed by atoms with Crippen LogP contribution in [0.4, 0.5) is 10.1 Å². The molecular formula is C20H16FN5O2S. The first-order valence-electron chi connectivity index (χ1n) is 8.75. The van der Waals surface area contributed by atoms with Crippen LogP contribution in [0.2, 0.25) is 0 Å². The summed E-state index contributed by atoms with van der Waals surface area (Å²) in [4.78, 5) is 21.0. The van der Waals surface area contributed by atoms with Gasteiger partial charge in [-0.25, -0.2) is 14.4 Å². The van der Waals surface area contributed by atoms with Crippen molar-refractivity contribution in [1.29, 1.82) is 5.26 Å². The summed E-state index contributed by atoms with van der Waals surface area (Å²) in [6.07, 6.45) is 3.22. The summed E-state index contributed by atoms with van der Waals surface area (Å²) in [6, 6.07) is 9.20. The van der Waals surface area contributed by atoms with E-state index < -0.39 is 17.3 Å². The zero-order valence-corrected chi connectivity index (χ0v) is 16.0. The number of nitrogens with one attached hydrogen (secondary N) is 1. The number of halogens is 1. The third kappa shape index (κ3) is 3.60. The maximum absolute atomic E-state index is 14.8. The number of amides is 1. The van der Waals surface area contributed by atoms with E-state index in [2.05, 4.69) is 15.3 Å². The molecule has 2 aliphatic rings. The summed E-state index contributed by atoms with van der Waals surface area (Å²) < 4.78 is 20.4. The van der Waals surface area contributed by atoms with Crippen molar-refractivity contribution in [2.45, 2.75) is 5.54 Å². The molecule has 3 heterocycles. The first-order chi connectivity index (χ1) is 14.0. The van der Waals surface area contributed by atoms with Gasteiger partial charge in [-0.05, 0) is 35.9 Å². The summed E-state index contributed by atoms with van der Waals surface area (Å²) in [6.45, 7) is 0.612. The zero-order chi connectivity index (χ0) is 20.4. The molecule has 0 spiro atoms. The van der Waals surface area contributed by atoms with Crippen LogP contribution in [0.25, 0.3) is 0 Å². The van der Waals surface area contributed by atoms with Crippen molar-refractivity contribution in [3.8, 4) is 6.07 Å². The number of aliphatic imine (C=N–C) groups is 1. The Balaban J connectivity index is 1.68. The molecule has 1 aromatic carbocycles. The Hall–Kier alpha value is -3.22. The highest BCUT2D eigenvalue weighted by Crippen LogP contribution is 2.43. The number of rotatable bonds is 3. The van der Waals surface area contributed by atoms with Crippen LogP contribution in [0.3, 0.4) is 0 Å². The highest BCUT2D eigenvalue weighted by molar-refractivity contribution is 8.14. The van der Waals surface area contributed by atoms with Crippen LogP contribution >= 0.6 is 11.8 Å². The highest BCUT2D eigenvalue weighted by atomic mass is 32.2. The molecule has 0 bridgehead atoms. The number of amidine groups is 1. The summed E-state index contributed by atoms with van der Waals surface area (Å²) >= 11 is 1.40. The smallest absolute Gasteiger partial charge is 0.274 e. The number of thioether (sulfide) groups is 1. The maximum Gasteiger partial charge on any atom is 0.274 e. The molecule has 3 N–H and O–H groups in total. The molecule has 1 atom stereocenters. The molecule has 1 amide bonds. The second-order valence-electron chi connectivity index (χ2n) is 6.54. The van der Waals surface area contributed by atoms with Gasteiger partial charge < -0.3 is 15.8 Å². The molecule has 9 heteroatoms. The van der Waals surface area contributed by atoms with E-state index in [1.807, 2.05) is 12.1 Å². The van der Waals surface area contributed by atoms with Gasteiger partial charge in [0.05, 0.1) is 18.8 Å². The third-order valence-electron chi connectivity index (χ3n) is 4.76. The fourth-order valence-electron chi connectivity index (χ4n) is 3.30. The Kier molecular flexibility index (Phi) is 5.05. The van der Waals surface area contributed by atoms with Crippen molar-refractivity contribution < 1.29 is 13.9 Å². The maximum atomic E-state index is 14.8. The van der Waals surface area contributed by atoms with Gasteiger partial charge in [0.1, 0.15) is 23.1 Å². The van der Waals surface area contributed by atoms with E-state index >= 15 is 0 Å². The first-order valence-corrected chi connectivity index (χ1v) is 9.73. The fourth-order valence-corrected chi connectivity index (χ4v) is 4.18. The van der Waals surface area contributed by atoms with Crippen LogP contribution in [0.15, 0.2) is 53.2 Å². The molecule has 0 unspecified atom stereocenters. The number of hydrogen-bond donors (Lipinski definition) is 2. The van der Waals surface area contributed by atoms with Crippen molar-refractivity contribution in [3.05, 3.63) is 70.8 Å². The van der Waals surface area contributed by atoms with Crippen LogP contribution in [0.1, 0.15) is 21.6 Å². The number of carbonyl (C=O) groups is 1. The average Bonchev–Trinajstić information content (AvgIpc) is 2.74. The van der Waals surface area contributed by atoms with Crippen LogP contribution in [0.5, 0.6) is 0 Å². The van der Waals surface area contributed by atoms with E-state index in [1.165, 1.54) is 42.2 Å². The molecule has 0 radical (unpaired) electrons. The summed E-state index contributed by atoms with van der Waals surface area (Å²) in [5.74, 6) is -0.328. The van der Waals surface area contributed by atoms with Crippen molar-refractivity contribution in [3.63, 3.8) is 0 Å². The molecule has 0 saturated carbocycles. The van der Waals surface area contributed by atoms with Crippen molar-refractivity contribution in [2.24, 2.45) is 10.7 Å². The molecule has 0 saturated heterocycles. The number of nitrogens with two attached hydrogens (primary N) is 1. The Morgan fingerprint density at radius 2 is 2.24 bits per heavy atom. The van der Waals surface area contributed by atoms with E-state index in [9.17, 15) is 9.18 Å². The van der Waals surface area contributed by atoms with Gasteiger partial charge in [0.15, 0.2) is 5.17 Å². The van der Waals surface area contributed by atoms with E-state index in [0.717, 1.165) is 5.57 Å². The monoisotopic (exact) mass is 409 g/mol. The van der Waals surface area contributed by atoms with Crippen molar-refractivity contribution in [2.75, 3.05) is 24.3 Å². The minimum Gasteiger partial charge on any atom is -0.378 e. The lowest BCUT2D eigenvalue weighted by Gasteiger charge is -2.38. The Bertz CT molecular complexity index is 1080. The highest BCUT2D eigenvalue weighted by Gasteiger charge is 2.43. The van der Waals surface area contributed by atoms with Gasteiger partial charge in [-0.2, -0.15) is 5.26 Å². The molecule has 1 aromatic heterocycles. The summed E-state index contributed by atoms with van der Waals surface area (Å²) in [5.41, 5.74) is 7.01. The quantitative estimate of drug-likeness (QED) is 0.753. The third-order valence-corrected chi connectivity index (χ3v) is 5.60. The Labute approximate surface area is 170 Å². The standard InChI is InChI=1S/C20H16FN5O2S/c21-16-3-2-14(25-18(27)17-4-1-12(8-22)9-24-17)7-15(16)20-11-28-6-5-13(20)10-29-19(23)26-20/h1-5,7,9H,6,10-11H2,(H2,23,26)(H,25,27)/t20-/m0/s1.